The SMILES string of the molecule is CCOC(=O)c1sc(N2CCCC(C)(O)C2)c(OC)c1N. The number of anilines is 2. The number of hydrogen-bond acceptors (Lipinski definition) is 7. The van der Waals surface area contributed by atoms with Gasteiger partial charge in [0.1, 0.15) is 15.6 Å². The summed E-state index contributed by atoms with van der Waals surface area (Å²) in [5.74, 6) is 0.0501. The third-order valence-corrected chi connectivity index (χ3v) is 4.74. The molecule has 7 heteroatoms. The number of nitrogens with two attached hydrogens (primary N) is 1. The van der Waals surface area contributed by atoms with Gasteiger partial charge in [0.05, 0.1) is 19.3 Å². The smallest absolute Gasteiger partial charge is 0.350 e. The lowest BCUT2D eigenvalue weighted by Gasteiger charge is -2.37. The molecule has 0 bridgehead atoms. The van der Waals surface area contributed by atoms with Crippen molar-refractivity contribution in [3.8, 4) is 5.75 Å². The highest BCUT2D eigenvalue weighted by molar-refractivity contribution is 7.19. The molecule has 0 aromatic carbocycles. The van der Waals surface area contributed by atoms with Crippen LogP contribution >= 0.6 is 11.3 Å². The number of nitrogens with zero attached hydrogens (tertiary/aromatic N) is 1. The molecule has 1 aliphatic rings. The molecule has 2 heterocycles. The second kappa shape index (κ2) is 6.11. The minimum Gasteiger partial charge on any atom is -0.492 e. The molecule has 1 aromatic heterocycles. The standard InChI is InChI=1S/C14H22N2O4S/c1-4-20-13(17)11-9(15)10(19-3)12(21-11)16-7-5-6-14(2,18)8-16/h18H,4-8,15H2,1-3H3. The van der Waals surface area contributed by atoms with E-state index in [4.69, 9.17) is 15.2 Å². The Balaban J connectivity index is 2.35. The van der Waals surface area contributed by atoms with Crippen LogP contribution in [-0.2, 0) is 4.74 Å². The van der Waals surface area contributed by atoms with E-state index in [1.165, 1.54) is 18.4 Å². The van der Waals surface area contributed by atoms with E-state index >= 15 is 0 Å². The van der Waals surface area contributed by atoms with E-state index < -0.39 is 11.6 Å². The van der Waals surface area contributed by atoms with Crippen LogP contribution in [0.25, 0.3) is 0 Å². The number of piperidine rings is 1. The van der Waals surface area contributed by atoms with Crippen molar-refractivity contribution in [3.63, 3.8) is 0 Å². The maximum absolute atomic E-state index is 11.9. The van der Waals surface area contributed by atoms with E-state index in [2.05, 4.69) is 0 Å². The molecule has 0 amide bonds. The van der Waals surface area contributed by atoms with Crippen molar-refractivity contribution in [2.75, 3.05) is 37.4 Å². The van der Waals surface area contributed by atoms with Gasteiger partial charge in [0.15, 0.2) is 5.75 Å². The first-order valence-corrected chi connectivity index (χ1v) is 7.82. The first kappa shape index (κ1) is 15.9. The minimum absolute atomic E-state index is 0.298. The van der Waals surface area contributed by atoms with Gasteiger partial charge in [0, 0.05) is 13.1 Å². The Bertz CT molecular complexity index is 527. The molecule has 1 atom stereocenters. The Morgan fingerprint density at radius 3 is 2.86 bits per heavy atom. The van der Waals surface area contributed by atoms with E-state index in [-0.39, 0.29) is 0 Å². The predicted octanol–water partition coefficient (Wildman–Crippen LogP) is 1.87. The zero-order valence-corrected chi connectivity index (χ0v) is 13.5. The Kier molecular flexibility index (Phi) is 4.63. The highest BCUT2D eigenvalue weighted by Gasteiger charge is 2.33. The molecule has 1 unspecified atom stereocenters. The van der Waals surface area contributed by atoms with Gasteiger partial charge in [-0.3, -0.25) is 0 Å². The fraction of sp³-hybridized carbons (Fsp3) is 0.643. The highest BCUT2D eigenvalue weighted by atomic mass is 32.1. The van der Waals surface area contributed by atoms with Gasteiger partial charge in [0.2, 0.25) is 0 Å². The minimum atomic E-state index is -0.744. The summed E-state index contributed by atoms with van der Waals surface area (Å²) in [6.45, 7) is 5.16. The lowest BCUT2D eigenvalue weighted by Crippen LogP contribution is -2.46. The van der Waals surface area contributed by atoms with Crippen LogP contribution in [0.4, 0.5) is 10.7 Å². The van der Waals surface area contributed by atoms with Crippen LogP contribution in [0.5, 0.6) is 5.75 Å². The fourth-order valence-corrected chi connectivity index (χ4v) is 3.67. The van der Waals surface area contributed by atoms with Crippen molar-refractivity contribution in [2.45, 2.75) is 32.3 Å². The van der Waals surface area contributed by atoms with Crippen LogP contribution < -0.4 is 15.4 Å². The van der Waals surface area contributed by atoms with Gasteiger partial charge in [-0.2, -0.15) is 0 Å². The summed E-state index contributed by atoms with van der Waals surface area (Å²) in [5.41, 5.74) is 5.58. The molecule has 2 rings (SSSR count). The second-order valence-electron chi connectivity index (χ2n) is 5.43. The Labute approximate surface area is 128 Å². The van der Waals surface area contributed by atoms with Gasteiger partial charge in [-0.15, -0.1) is 11.3 Å². The summed E-state index contributed by atoms with van der Waals surface area (Å²) in [7, 11) is 1.53. The fourth-order valence-electron chi connectivity index (χ4n) is 2.56. The number of nitrogen functional groups attached to an aromatic ring is 1. The lowest BCUT2D eigenvalue weighted by molar-refractivity contribution is 0.0450. The largest absolute Gasteiger partial charge is 0.492 e. The van der Waals surface area contributed by atoms with Crippen molar-refractivity contribution in [1.82, 2.24) is 0 Å². The quantitative estimate of drug-likeness (QED) is 0.825. The number of ether oxygens (including phenoxy) is 2. The number of hydrogen-bond donors (Lipinski definition) is 2. The normalized spacial score (nSPS) is 22.2. The number of carbonyl (C=O) groups is 1. The topological polar surface area (TPSA) is 85.0 Å². The van der Waals surface area contributed by atoms with Gasteiger partial charge in [-0.25, -0.2) is 4.79 Å². The van der Waals surface area contributed by atoms with E-state index in [0.717, 1.165) is 24.4 Å². The zero-order chi connectivity index (χ0) is 15.6. The summed E-state index contributed by atoms with van der Waals surface area (Å²) in [4.78, 5) is 14.3. The number of carbonyl (C=O) groups excluding carboxylic acids is 1. The van der Waals surface area contributed by atoms with E-state index in [9.17, 15) is 9.90 Å². The maximum Gasteiger partial charge on any atom is 0.350 e. The van der Waals surface area contributed by atoms with Gasteiger partial charge < -0.3 is 25.2 Å². The van der Waals surface area contributed by atoms with Gasteiger partial charge in [-0.1, -0.05) is 0 Å². The van der Waals surface area contributed by atoms with Crippen LogP contribution in [0.1, 0.15) is 36.4 Å². The van der Waals surface area contributed by atoms with Crippen LogP contribution in [0.15, 0.2) is 0 Å². The molecule has 1 saturated heterocycles. The summed E-state index contributed by atoms with van der Waals surface area (Å²) in [5, 5.41) is 11.0. The van der Waals surface area contributed by atoms with Gasteiger partial charge >= 0.3 is 5.97 Å². The summed E-state index contributed by atoms with van der Waals surface area (Å²) in [6, 6.07) is 0. The summed E-state index contributed by atoms with van der Waals surface area (Å²) in [6.07, 6.45) is 1.64. The van der Waals surface area contributed by atoms with Crippen molar-refractivity contribution >= 4 is 28.0 Å². The molecule has 1 aliphatic heterocycles. The molecule has 0 saturated carbocycles. The number of aliphatic hydroxyl groups is 1. The highest BCUT2D eigenvalue weighted by Crippen LogP contribution is 2.46. The van der Waals surface area contributed by atoms with E-state index in [0.29, 0.717) is 29.5 Å². The van der Waals surface area contributed by atoms with Crippen LogP contribution in [0.2, 0.25) is 0 Å². The molecule has 0 spiro atoms. The molecule has 118 valence electrons. The third kappa shape index (κ3) is 3.24. The van der Waals surface area contributed by atoms with Gasteiger partial charge in [-0.05, 0) is 26.7 Å². The third-order valence-electron chi connectivity index (χ3n) is 3.51. The molecule has 1 fully saturated rings. The molecule has 6 nitrogen and oxygen atoms in total. The van der Waals surface area contributed by atoms with Crippen LogP contribution in [-0.4, -0.2) is 43.5 Å². The molecule has 0 radical (unpaired) electrons. The average molecular weight is 314 g/mol. The van der Waals surface area contributed by atoms with E-state index in [1.807, 2.05) is 11.8 Å². The zero-order valence-electron chi connectivity index (χ0n) is 12.6. The maximum atomic E-state index is 11.9. The van der Waals surface area contributed by atoms with Crippen molar-refractivity contribution in [1.29, 1.82) is 0 Å². The number of esters is 1. The lowest BCUT2D eigenvalue weighted by atomic mass is 9.95. The second-order valence-corrected chi connectivity index (χ2v) is 6.42. The number of rotatable bonds is 4. The van der Waals surface area contributed by atoms with Crippen LogP contribution in [0, 0.1) is 0 Å². The summed E-state index contributed by atoms with van der Waals surface area (Å²) >= 11 is 1.26. The predicted molar refractivity (Wildman–Crippen MR) is 83.3 cm³/mol. The van der Waals surface area contributed by atoms with Crippen molar-refractivity contribution in [2.24, 2.45) is 0 Å². The molecule has 21 heavy (non-hydrogen) atoms. The first-order chi connectivity index (χ1) is 9.89. The monoisotopic (exact) mass is 314 g/mol. The Hall–Kier alpha value is -1.47. The first-order valence-electron chi connectivity index (χ1n) is 7.00. The van der Waals surface area contributed by atoms with Crippen LogP contribution in [0.3, 0.4) is 0 Å². The van der Waals surface area contributed by atoms with E-state index in [1.54, 1.807) is 6.92 Å². The molecule has 1 aromatic rings. The van der Waals surface area contributed by atoms with Crippen molar-refractivity contribution < 1.29 is 19.4 Å². The average Bonchev–Trinajstić information content (AvgIpc) is 2.75. The van der Waals surface area contributed by atoms with Crippen molar-refractivity contribution in [3.05, 3.63) is 4.88 Å². The molecular weight excluding hydrogens is 292 g/mol. The number of thiophene rings is 1. The molecule has 0 aliphatic carbocycles. The summed E-state index contributed by atoms with van der Waals surface area (Å²) < 4.78 is 10.4. The number of methoxy groups -OCH3 is 1. The molecule has 3 N–H and O–H groups in total. The Morgan fingerprint density at radius 1 is 1.57 bits per heavy atom. The number of β-amino-alcohol motifs (C(OH)–C–C–N with tert-alkyl or cyclic N) is 1. The van der Waals surface area contributed by atoms with Gasteiger partial charge in [0.25, 0.3) is 0 Å². The Morgan fingerprint density at radius 2 is 2.29 bits per heavy atom. The molecular formula is C14H22N2O4S.